The first kappa shape index (κ1) is 18.3. The second kappa shape index (κ2) is 7.16. The SMILES string of the molecule is O=C(Nc1cn(Cc2ccc(C(F)(F)F)cc2)c2ccccc12)c1cccs1. The van der Waals surface area contributed by atoms with Gasteiger partial charge < -0.3 is 9.88 Å². The van der Waals surface area contributed by atoms with Crippen LogP contribution in [0.1, 0.15) is 20.8 Å². The van der Waals surface area contributed by atoms with Crippen LogP contribution < -0.4 is 5.32 Å². The lowest BCUT2D eigenvalue weighted by molar-refractivity contribution is -0.137. The standard InChI is InChI=1S/C21H15F3N2OS/c22-21(23,24)15-9-7-14(8-10-15)12-26-13-17(16-4-1-2-5-18(16)26)25-20(27)19-6-3-11-28-19/h1-11,13H,12H2,(H,25,27). The third-order valence-electron chi connectivity index (χ3n) is 4.42. The maximum Gasteiger partial charge on any atom is 0.416 e. The van der Waals surface area contributed by atoms with Gasteiger partial charge in [0.2, 0.25) is 0 Å². The third kappa shape index (κ3) is 3.66. The van der Waals surface area contributed by atoms with Gasteiger partial charge in [-0.05, 0) is 35.2 Å². The van der Waals surface area contributed by atoms with Gasteiger partial charge in [-0.25, -0.2) is 0 Å². The van der Waals surface area contributed by atoms with Crippen LogP contribution in [0.25, 0.3) is 10.9 Å². The Hall–Kier alpha value is -3.06. The summed E-state index contributed by atoms with van der Waals surface area (Å²) in [7, 11) is 0. The Bertz CT molecular complexity index is 1110. The van der Waals surface area contributed by atoms with E-state index in [0.717, 1.165) is 28.6 Å². The number of hydrogen-bond acceptors (Lipinski definition) is 2. The highest BCUT2D eigenvalue weighted by Gasteiger charge is 2.29. The summed E-state index contributed by atoms with van der Waals surface area (Å²) < 4.78 is 40.2. The number of amides is 1. The van der Waals surface area contributed by atoms with Crippen LogP contribution in [0.5, 0.6) is 0 Å². The predicted molar refractivity (Wildman–Crippen MR) is 105 cm³/mol. The molecule has 0 aliphatic heterocycles. The van der Waals surface area contributed by atoms with Crippen molar-refractivity contribution in [2.24, 2.45) is 0 Å². The van der Waals surface area contributed by atoms with Crippen LogP contribution in [0.3, 0.4) is 0 Å². The Balaban J connectivity index is 1.63. The van der Waals surface area contributed by atoms with Gasteiger partial charge in [0.1, 0.15) is 0 Å². The zero-order valence-corrected chi connectivity index (χ0v) is 15.3. The lowest BCUT2D eigenvalue weighted by atomic mass is 10.1. The van der Waals surface area contributed by atoms with Crippen molar-refractivity contribution in [1.82, 2.24) is 4.57 Å². The van der Waals surface area contributed by atoms with E-state index in [2.05, 4.69) is 5.32 Å². The van der Waals surface area contributed by atoms with E-state index in [1.807, 2.05) is 46.5 Å². The Morgan fingerprint density at radius 1 is 1.00 bits per heavy atom. The van der Waals surface area contributed by atoms with E-state index in [0.29, 0.717) is 17.1 Å². The zero-order chi connectivity index (χ0) is 19.7. The molecule has 142 valence electrons. The molecule has 2 aromatic carbocycles. The molecule has 4 aromatic rings. The molecular formula is C21H15F3N2OS. The normalized spacial score (nSPS) is 11.7. The molecule has 0 aliphatic carbocycles. The molecule has 28 heavy (non-hydrogen) atoms. The Kier molecular flexibility index (Phi) is 4.68. The first-order valence-corrected chi connectivity index (χ1v) is 9.38. The number of fused-ring (bicyclic) bond motifs is 1. The summed E-state index contributed by atoms with van der Waals surface area (Å²) >= 11 is 1.36. The summed E-state index contributed by atoms with van der Waals surface area (Å²) in [5.41, 5.74) is 1.63. The van der Waals surface area contributed by atoms with Crippen LogP contribution in [0.15, 0.2) is 72.2 Å². The molecule has 2 heterocycles. The molecule has 0 atom stereocenters. The molecule has 0 fully saturated rings. The Morgan fingerprint density at radius 3 is 2.43 bits per heavy atom. The molecule has 1 amide bonds. The molecule has 7 heteroatoms. The molecule has 0 saturated heterocycles. The zero-order valence-electron chi connectivity index (χ0n) is 14.5. The largest absolute Gasteiger partial charge is 0.416 e. The van der Waals surface area contributed by atoms with E-state index < -0.39 is 11.7 Å². The van der Waals surface area contributed by atoms with Gasteiger partial charge in [-0.15, -0.1) is 11.3 Å². The van der Waals surface area contributed by atoms with Crippen LogP contribution in [-0.2, 0) is 12.7 Å². The highest BCUT2D eigenvalue weighted by molar-refractivity contribution is 7.12. The third-order valence-corrected chi connectivity index (χ3v) is 5.28. The highest BCUT2D eigenvalue weighted by atomic mass is 32.1. The molecule has 0 radical (unpaired) electrons. The van der Waals surface area contributed by atoms with Crippen LogP contribution >= 0.6 is 11.3 Å². The van der Waals surface area contributed by atoms with Gasteiger partial charge in [0, 0.05) is 18.1 Å². The summed E-state index contributed by atoms with van der Waals surface area (Å²) in [6.45, 7) is 0.396. The van der Waals surface area contributed by atoms with E-state index in [1.54, 1.807) is 6.07 Å². The number of benzene rings is 2. The van der Waals surface area contributed by atoms with Crippen molar-refractivity contribution in [3.8, 4) is 0 Å². The number of nitrogens with one attached hydrogen (secondary N) is 1. The Morgan fingerprint density at radius 2 is 1.75 bits per heavy atom. The first-order chi connectivity index (χ1) is 13.4. The van der Waals surface area contributed by atoms with Gasteiger partial charge >= 0.3 is 6.18 Å². The molecule has 0 aliphatic rings. The molecule has 0 unspecified atom stereocenters. The number of nitrogens with zero attached hydrogens (tertiary/aromatic N) is 1. The molecule has 0 bridgehead atoms. The van der Waals surface area contributed by atoms with Gasteiger partial charge in [0.15, 0.2) is 0 Å². The predicted octanol–water partition coefficient (Wildman–Crippen LogP) is 6.02. The van der Waals surface area contributed by atoms with Crippen molar-refractivity contribution in [2.45, 2.75) is 12.7 Å². The fourth-order valence-corrected chi connectivity index (χ4v) is 3.68. The topological polar surface area (TPSA) is 34.0 Å². The van der Waals surface area contributed by atoms with Crippen LogP contribution in [0.2, 0.25) is 0 Å². The van der Waals surface area contributed by atoms with E-state index in [-0.39, 0.29) is 5.91 Å². The Labute approximate surface area is 163 Å². The number of para-hydroxylation sites is 1. The molecule has 0 saturated carbocycles. The minimum absolute atomic E-state index is 0.188. The summed E-state index contributed by atoms with van der Waals surface area (Å²) in [5, 5.41) is 5.63. The summed E-state index contributed by atoms with van der Waals surface area (Å²) in [6, 6.07) is 16.3. The quantitative estimate of drug-likeness (QED) is 0.446. The monoisotopic (exact) mass is 400 g/mol. The maximum atomic E-state index is 12.8. The number of thiophene rings is 1. The smallest absolute Gasteiger partial charge is 0.341 e. The lowest BCUT2D eigenvalue weighted by Gasteiger charge is -2.09. The molecule has 0 spiro atoms. The number of carbonyl (C=O) groups excluding carboxylic acids is 1. The van der Waals surface area contributed by atoms with Crippen molar-refractivity contribution in [3.05, 3.63) is 88.2 Å². The number of alkyl halides is 3. The second-order valence-corrected chi connectivity index (χ2v) is 7.26. The summed E-state index contributed by atoms with van der Waals surface area (Å²) in [6.07, 6.45) is -2.54. The average molecular weight is 400 g/mol. The minimum atomic E-state index is -4.35. The van der Waals surface area contributed by atoms with E-state index >= 15 is 0 Å². The van der Waals surface area contributed by atoms with Crippen molar-refractivity contribution in [3.63, 3.8) is 0 Å². The highest BCUT2D eigenvalue weighted by Crippen LogP contribution is 2.30. The van der Waals surface area contributed by atoms with Crippen molar-refractivity contribution in [2.75, 3.05) is 5.32 Å². The van der Waals surface area contributed by atoms with Gasteiger partial charge in [-0.3, -0.25) is 4.79 Å². The van der Waals surface area contributed by atoms with E-state index in [9.17, 15) is 18.0 Å². The van der Waals surface area contributed by atoms with Crippen molar-refractivity contribution >= 4 is 33.8 Å². The number of halogens is 3. The second-order valence-electron chi connectivity index (χ2n) is 6.31. The van der Waals surface area contributed by atoms with Crippen LogP contribution in [0.4, 0.5) is 18.9 Å². The molecule has 4 rings (SSSR count). The van der Waals surface area contributed by atoms with E-state index in [1.165, 1.54) is 23.5 Å². The molecule has 1 N–H and O–H groups in total. The molecular weight excluding hydrogens is 385 g/mol. The summed E-state index contributed by atoms with van der Waals surface area (Å²) in [5.74, 6) is -0.188. The number of anilines is 1. The minimum Gasteiger partial charge on any atom is -0.341 e. The lowest BCUT2D eigenvalue weighted by Crippen LogP contribution is -2.09. The fourth-order valence-electron chi connectivity index (χ4n) is 3.06. The van der Waals surface area contributed by atoms with Gasteiger partial charge in [-0.1, -0.05) is 36.4 Å². The van der Waals surface area contributed by atoms with Gasteiger partial charge in [0.25, 0.3) is 5.91 Å². The van der Waals surface area contributed by atoms with Gasteiger partial charge in [0.05, 0.1) is 21.6 Å². The van der Waals surface area contributed by atoms with Crippen LogP contribution in [0, 0.1) is 0 Å². The maximum absolute atomic E-state index is 12.8. The van der Waals surface area contributed by atoms with Crippen LogP contribution in [-0.4, -0.2) is 10.5 Å². The van der Waals surface area contributed by atoms with Crippen molar-refractivity contribution < 1.29 is 18.0 Å². The number of aromatic nitrogens is 1. The number of carbonyl (C=O) groups is 1. The number of rotatable bonds is 4. The van der Waals surface area contributed by atoms with Gasteiger partial charge in [-0.2, -0.15) is 13.2 Å². The average Bonchev–Trinajstić information content (AvgIpc) is 3.31. The number of hydrogen-bond donors (Lipinski definition) is 1. The van der Waals surface area contributed by atoms with E-state index in [4.69, 9.17) is 0 Å². The first-order valence-electron chi connectivity index (χ1n) is 8.51. The molecule has 2 aromatic heterocycles. The summed E-state index contributed by atoms with van der Waals surface area (Å²) in [4.78, 5) is 13.0. The fraction of sp³-hybridized carbons (Fsp3) is 0.0952. The molecule has 3 nitrogen and oxygen atoms in total. The van der Waals surface area contributed by atoms with Crippen molar-refractivity contribution in [1.29, 1.82) is 0 Å².